The fourth-order valence-corrected chi connectivity index (χ4v) is 2.41. The first-order chi connectivity index (χ1) is 11.9. The highest BCUT2D eigenvalue weighted by molar-refractivity contribution is 5.87. The van der Waals surface area contributed by atoms with Crippen molar-refractivity contribution < 1.29 is 19.1 Å². The normalized spacial score (nSPS) is 14.1. The minimum absolute atomic E-state index is 0.0251. The summed E-state index contributed by atoms with van der Waals surface area (Å²) in [4.78, 5) is 35.8. The van der Waals surface area contributed by atoms with E-state index >= 15 is 0 Å². The van der Waals surface area contributed by atoms with Crippen LogP contribution in [0, 0.1) is 5.92 Å². The molecule has 1 aromatic carbocycles. The van der Waals surface area contributed by atoms with Crippen molar-refractivity contribution in [3.63, 3.8) is 0 Å². The minimum atomic E-state index is -0.686. The van der Waals surface area contributed by atoms with Crippen LogP contribution in [0.25, 0.3) is 0 Å². The van der Waals surface area contributed by atoms with Gasteiger partial charge >= 0.3 is 5.97 Å². The molecule has 0 radical (unpaired) electrons. The van der Waals surface area contributed by atoms with Crippen LogP contribution in [0.4, 0.5) is 0 Å². The van der Waals surface area contributed by atoms with Crippen molar-refractivity contribution in [2.24, 2.45) is 5.92 Å². The number of rotatable bonds is 9. The summed E-state index contributed by atoms with van der Waals surface area (Å²) >= 11 is 0. The first kappa shape index (κ1) is 20.7. The van der Waals surface area contributed by atoms with E-state index in [9.17, 15) is 14.4 Å². The molecule has 0 aromatic heterocycles. The number of carbonyl (C=O) groups excluding carboxylic acids is 3. The van der Waals surface area contributed by atoms with E-state index in [4.69, 9.17) is 4.74 Å². The number of methoxy groups -OCH3 is 1. The molecule has 0 bridgehead atoms. The molecule has 1 aromatic rings. The predicted octanol–water partition coefficient (Wildman–Crippen LogP) is 2.35. The second-order valence-corrected chi connectivity index (χ2v) is 6.15. The largest absolute Gasteiger partial charge is 0.467 e. The third-order valence-electron chi connectivity index (χ3n) is 4.24. The first-order valence-corrected chi connectivity index (χ1v) is 8.60. The molecule has 3 atom stereocenters. The van der Waals surface area contributed by atoms with Crippen LogP contribution in [0.15, 0.2) is 30.3 Å². The molecule has 0 aliphatic carbocycles. The van der Waals surface area contributed by atoms with Gasteiger partial charge in [-0.2, -0.15) is 0 Å². The summed E-state index contributed by atoms with van der Waals surface area (Å²) in [5.41, 5.74) is 1.00. The van der Waals surface area contributed by atoms with Crippen molar-refractivity contribution in [1.82, 2.24) is 10.6 Å². The molecular formula is C19H28N2O4. The van der Waals surface area contributed by atoms with Gasteiger partial charge in [0.25, 0.3) is 0 Å². The van der Waals surface area contributed by atoms with Crippen LogP contribution in [0.1, 0.15) is 51.6 Å². The highest BCUT2D eigenvalue weighted by atomic mass is 16.5. The Morgan fingerprint density at radius 1 is 1.00 bits per heavy atom. The van der Waals surface area contributed by atoms with Gasteiger partial charge in [0, 0.05) is 12.8 Å². The SMILES string of the molecule is CC[C@H](C)[C@H](NC(=O)CCC(=O)N[C@H](C)c1ccccc1)C(=O)OC. The van der Waals surface area contributed by atoms with Gasteiger partial charge in [0.1, 0.15) is 6.04 Å². The molecule has 2 N–H and O–H groups in total. The van der Waals surface area contributed by atoms with Crippen LogP contribution in [-0.4, -0.2) is 30.9 Å². The predicted molar refractivity (Wildman–Crippen MR) is 95.6 cm³/mol. The van der Waals surface area contributed by atoms with Gasteiger partial charge in [-0.15, -0.1) is 0 Å². The summed E-state index contributed by atoms with van der Waals surface area (Å²) in [7, 11) is 1.29. The van der Waals surface area contributed by atoms with Crippen molar-refractivity contribution in [2.45, 2.75) is 52.1 Å². The van der Waals surface area contributed by atoms with Crippen LogP contribution in [0.2, 0.25) is 0 Å². The third-order valence-corrected chi connectivity index (χ3v) is 4.24. The molecule has 0 saturated heterocycles. The molecule has 0 unspecified atom stereocenters. The summed E-state index contributed by atoms with van der Waals surface area (Å²) in [6.07, 6.45) is 0.823. The lowest BCUT2D eigenvalue weighted by Crippen LogP contribution is -2.45. The standard InChI is InChI=1S/C19H28N2O4/c1-5-13(2)18(19(24)25-4)21-17(23)12-11-16(22)20-14(3)15-9-7-6-8-10-15/h6-10,13-14,18H,5,11-12H2,1-4H3,(H,20,22)(H,21,23)/t13-,14+,18-/m0/s1. The number of nitrogens with one attached hydrogen (secondary N) is 2. The Kier molecular flexibility index (Phi) is 8.67. The average Bonchev–Trinajstić information content (AvgIpc) is 2.63. The van der Waals surface area contributed by atoms with Gasteiger partial charge in [-0.1, -0.05) is 50.6 Å². The zero-order valence-electron chi connectivity index (χ0n) is 15.4. The molecule has 0 aliphatic heterocycles. The van der Waals surface area contributed by atoms with Gasteiger partial charge in [-0.05, 0) is 18.4 Å². The topological polar surface area (TPSA) is 84.5 Å². The van der Waals surface area contributed by atoms with Crippen LogP contribution in [-0.2, 0) is 19.1 Å². The Morgan fingerprint density at radius 3 is 2.08 bits per heavy atom. The number of hydrogen-bond acceptors (Lipinski definition) is 4. The van der Waals surface area contributed by atoms with Crippen molar-refractivity contribution in [2.75, 3.05) is 7.11 Å². The fourth-order valence-electron chi connectivity index (χ4n) is 2.41. The van der Waals surface area contributed by atoms with E-state index in [1.807, 2.05) is 51.1 Å². The quantitative estimate of drug-likeness (QED) is 0.671. The maximum Gasteiger partial charge on any atom is 0.328 e. The molecule has 6 heteroatoms. The van der Waals surface area contributed by atoms with Gasteiger partial charge in [-0.3, -0.25) is 9.59 Å². The number of hydrogen-bond donors (Lipinski definition) is 2. The molecule has 2 amide bonds. The van der Waals surface area contributed by atoms with Crippen molar-refractivity contribution in [3.8, 4) is 0 Å². The summed E-state index contributed by atoms with van der Waals surface area (Å²) in [6.45, 7) is 5.70. The lowest BCUT2D eigenvalue weighted by atomic mass is 9.99. The van der Waals surface area contributed by atoms with E-state index in [2.05, 4.69) is 10.6 Å². The molecule has 1 rings (SSSR count). The zero-order valence-corrected chi connectivity index (χ0v) is 15.4. The molecule has 138 valence electrons. The summed E-state index contributed by atoms with van der Waals surface area (Å²) in [6, 6.07) is 8.79. The number of benzene rings is 1. The van der Waals surface area contributed by atoms with Crippen molar-refractivity contribution in [1.29, 1.82) is 0 Å². The zero-order chi connectivity index (χ0) is 18.8. The van der Waals surface area contributed by atoms with Crippen LogP contribution in [0.5, 0.6) is 0 Å². The second-order valence-electron chi connectivity index (χ2n) is 6.15. The van der Waals surface area contributed by atoms with Gasteiger partial charge in [-0.25, -0.2) is 4.79 Å². The summed E-state index contributed by atoms with van der Waals surface area (Å²) < 4.78 is 4.73. The lowest BCUT2D eigenvalue weighted by Gasteiger charge is -2.21. The van der Waals surface area contributed by atoms with E-state index in [-0.39, 0.29) is 36.6 Å². The number of esters is 1. The Labute approximate surface area is 149 Å². The van der Waals surface area contributed by atoms with Crippen LogP contribution < -0.4 is 10.6 Å². The maximum absolute atomic E-state index is 12.1. The molecule has 0 aliphatic rings. The van der Waals surface area contributed by atoms with Crippen molar-refractivity contribution >= 4 is 17.8 Å². The van der Waals surface area contributed by atoms with Crippen LogP contribution >= 0.6 is 0 Å². The third kappa shape index (κ3) is 6.95. The smallest absolute Gasteiger partial charge is 0.328 e. The first-order valence-electron chi connectivity index (χ1n) is 8.60. The highest BCUT2D eigenvalue weighted by Crippen LogP contribution is 2.12. The van der Waals surface area contributed by atoms with E-state index in [0.29, 0.717) is 0 Å². The second kappa shape index (κ2) is 10.5. The van der Waals surface area contributed by atoms with E-state index in [1.165, 1.54) is 7.11 Å². The molecular weight excluding hydrogens is 320 g/mol. The van der Waals surface area contributed by atoms with E-state index in [1.54, 1.807) is 0 Å². The summed E-state index contributed by atoms with van der Waals surface area (Å²) in [5.74, 6) is -1.05. The Morgan fingerprint density at radius 2 is 1.56 bits per heavy atom. The minimum Gasteiger partial charge on any atom is -0.467 e. The highest BCUT2D eigenvalue weighted by Gasteiger charge is 2.26. The van der Waals surface area contributed by atoms with E-state index in [0.717, 1.165) is 12.0 Å². The van der Waals surface area contributed by atoms with Gasteiger partial charge in [0.2, 0.25) is 11.8 Å². The molecule has 0 fully saturated rings. The van der Waals surface area contributed by atoms with Crippen LogP contribution in [0.3, 0.4) is 0 Å². The lowest BCUT2D eigenvalue weighted by molar-refractivity contribution is -0.146. The monoisotopic (exact) mass is 348 g/mol. The Hall–Kier alpha value is -2.37. The fraction of sp³-hybridized carbons (Fsp3) is 0.526. The molecule has 6 nitrogen and oxygen atoms in total. The van der Waals surface area contributed by atoms with E-state index < -0.39 is 12.0 Å². The number of ether oxygens (including phenoxy) is 1. The molecule has 25 heavy (non-hydrogen) atoms. The number of amides is 2. The Bertz CT molecular complexity index is 574. The average molecular weight is 348 g/mol. The maximum atomic E-state index is 12.1. The van der Waals surface area contributed by atoms with Gasteiger partial charge < -0.3 is 15.4 Å². The molecule has 0 spiro atoms. The summed E-state index contributed by atoms with van der Waals surface area (Å²) in [5, 5.41) is 5.53. The molecule has 0 heterocycles. The molecule has 0 saturated carbocycles. The van der Waals surface area contributed by atoms with Gasteiger partial charge in [0.05, 0.1) is 13.2 Å². The number of carbonyl (C=O) groups is 3. The van der Waals surface area contributed by atoms with Gasteiger partial charge in [0.15, 0.2) is 0 Å². The Balaban J connectivity index is 2.46. The van der Waals surface area contributed by atoms with Crippen molar-refractivity contribution in [3.05, 3.63) is 35.9 Å².